The van der Waals surface area contributed by atoms with Gasteiger partial charge in [-0.3, -0.25) is 4.79 Å². The molecule has 0 unspecified atom stereocenters. The van der Waals surface area contributed by atoms with Gasteiger partial charge in [0.2, 0.25) is 5.91 Å². The van der Waals surface area contributed by atoms with Crippen LogP contribution in [0.3, 0.4) is 0 Å². The fraction of sp³-hybridized carbons (Fsp3) is 0.929. The van der Waals surface area contributed by atoms with E-state index in [4.69, 9.17) is 0 Å². The molecule has 1 rings (SSSR count). The molecule has 0 spiro atoms. The number of rotatable bonds is 10. The van der Waals surface area contributed by atoms with Gasteiger partial charge in [0.15, 0.2) is 0 Å². The number of nitrogens with one attached hydrogen (secondary N) is 1. The molecule has 0 bridgehead atoms. The summed E-state index contributed by atoms with van der Waals surface area (Å²) in [6.07, 6.45) is 11.5. The number of carbonyl (C=O) groups excluding carboxylic acids is 1. The lowest BCUT2D eigenvalue weighted by Gasteiger charge is -2.08. The van der Waals surface area contributed by atoms with Gasteiger partial charge in [0.1, 0.15) is 0 Å². The van der Waals surface area contributed by atoms with E-state index >= 15 is 0 Å². The van der Waals surface area contributed by atoms with Crippen LogP contribution in [0.1, 0.15) is 64.7 Å². The van der Waals surface area contributed by atoms with Crippen LogP contribution < -0.4 is 5.32 Å². The fourth-order valence-electron chi connectivity index (χ4n) is 2.19. The Morgan fingerprint density at radius 1 is 1.18 bits per heavy atom. The molecule has 1 atom stereocenters. The van der Waals surface area contributed by atoms with Crippen LogP contribution in [0, 0.1) is 0 Å². The van der Waals surface area contributed by atoms with Crippen molar-refractivity contribution in [3.63, 3.8) is 0 Å². The summed E-state index contributed by atoms with van der Waals surface area (Å²) in [6.45, 7) is 2.26. The summed E-state index contributed by atoms with van der Waals surface area (Å²) in [5, 5.41) is 3.02. The van der Waals surface area contributed by atoms with Crippen molar-refractivity contribution >= 4 is 17.7 Å². The molecule has 0 aromatic carbocycles. The van der Waals surface area contributed by atoms with Gasteiger partial charge in [0, 0.05) is 18.2 Å². The minimum absolute atomic E-state index is 0.242. The first kappa shape index (κ1) is 14.9. The van der Waals surface area contributed by atoms with Gasteiger partial charge in [-0.05, 0) is 18.6 Å². The topological polar surface area (TPSA) is 29.1 Å². The van der Waals surface area contributed by atoms with Gasteiger partial charge in [0.05, 0.1) is 0 Å². The highest BCUT2D eigenvalue weighted by Crippen LogP contribution is 2.15. The number of carbonyl (C=O) groups is 1. The maximum Gasteiger partial charge on any atom is 0.220 e. The van der Waals surface area contributed by atoms with Gasteiger partial charge < -0.3 is 5.32 Å². The van der Waals surface area contributed by atoms with E-state index in [1.807, 2.05) is 11.8 Å². The summed E-state index contributed by atoms with van der Waals surface area (Å²) in [4.78, 5) is 11.0. The van der Waals surface area contributed by atoms with E-state index in [1.165, 1.54) is 50.7 Å². The monoisotopic (exact) mass is 257 g/mol. The van der Waals surface area contributed by atoms with Crippen molar-refractivity contribution < 1.29 is 4.79 Å². The third-order valence-electron chi connectivity index (χ3n) is 3.30. The molecule has 1 aliphatic heterocycles. The second-order valence-corrected chi connectivity index (χ2v) is 6.15. The predicted molar refractivity (Wildman–Crippen MR) is 76.5 cm³/mol. The fourth-order valence-corrected chi connectivity index (χ4v) is 3.30. The molecule has 1 amide bonds. The molecule has 17 heavy (non-hydrogen) atoms. The van der Waals surface area contributed by atoms with Gasteiger partial charge in [-0.1, -0.05) is 45.4 Å². The van der Waals surface area contributed by atoms with E-state index in [2.05, 4.69) is 12.2 Å². The number of hydrogen-bond acceptors (Lipinski definition) is 2. The summed E-state index contributed by atoms with van der Waals surface area (Å²) in [6, 6.07) is 0.456. The molecule has 2 nitrogen and oxygen atoms in total. The third kappa shape index (κ3) is 7.69. The number of unbranched alkanes of at least 4 members (excludes halogenated alkanes) is 6. The molecular formula is C14H27NOS. The quantitative estimate of drug-likeness (QED) is 0.604. The maximum absolute atomic E-state index is 11.0. The van der Waals surface area contributed by atoms with Crippen LogP contribution in [-0.4, -0.2) is 23.5 Å². The first-order valence-corrected chi connectivity index (χ1v) is 8.35. The molecule has 0 radical (unpaired) electrons. The highest BCUT2D eigenvalue weighted by Gasteiger charge is 2.19. The van der Waals surface area contributed by atoms with E-state index < -0.39 is 0 Å². The van der Waals surface area contributed by atoms with Crippen LogP contribution in [0.2, 0.25) is 0 Å². The Labute approximate surface area is 110 Å². The highest BCUT2D eigenvalue weighted by atomic mass is 32.2. The number of hydrogen-bond donors (Lipinski definition) is 1. The second-order valence-electron chi connectivity index (χ2n) is 5.00. The van der Waals surface area contributed by atoms with Crippen molar-refractivity contribution in [1.29, 1.82) is 0 Å². The van der Waals surface area contributed by atoms with Crippen molar-refractivity contribution in [2.24, 2.45) is 0 Å². The average molecular weight is 257 g/mol. The Bertz CT molecular complexity index is 208. The Morgan fingerprint density at radius 2 is 1.88 bits per heavy atom. The Hall–Kier alpha value is -0.180. The van der Waals surface area contributed by atoms with Crippen LogP contribution in [-0.2, 0) is 4.79 Å². The van der Waals surface area contributed by atoms with Gasteiger partial charge in [0.25, 0.3) is 0 Å². The van der Waals surface area contributed by atoms with Crippen LogP contribution in [0.4, 0.5) is 0 Å². The molecule has 0 aliphatic carbocycles. The van der Waals surface area contributed by atoms with Crippen molar-refractivity contribution in [3.8, 4) is 0 Å². The molecule has 100 valence electrons. The van der Waals surface area contributed by atoms with Crippen molar-refractivity contribution in [3.05, 3.63) is 0 Å². The van der Waals surface area contributed by atoms with Crippen LogP contribution in [0.25, 0.3) is 0 Å². The van der Waals surface area contributed by atoms with E-state index in [0.717, 1.165) is 18.6 Å². The molecule has 3 heteroatoms. The molecule has 1 aliphatic rings. The Morgan fingerprint density at radius 3 is 2.53 bits per heavy atom. The first-order chi connectivity index (χ1) is 8.33. The third-order valence-corrected chi connectivity index (χ3v) is 4.51. The molecule has 1 fully saturated rings. The largest absolute Gasteiger partial charge is 0.353 e. The lowest BCUT2D eigenvalue weighted by Crippen LogP contribution is -2.27. The molecule has 1 saturated heterocycles. The SMILES string of the molecule is CCCCCCCCCSC[C@@H]1CCC(=O)N1. The molecular weight excluding hydrogens is 230 g/mol. The van der Waals surface area contributed by atoms with E-state index in [9.17, 15) is 4.79 Å². The minimum Gasteiger partial charge on any atom is -0.353 e. The van der Waals surface area contributed by atoms with Crippen molar-refractivity contribution in [2.75, 3.05) is 11.5 Å². The number of thioether (sulfide) groups is 1. The summed E-state index contributed by atoms with van der Waals surface area (Å²) in [5.74, 6) is 2.62. The normalized spacial score (nSPS) is 19.6. The summed E-state index contributed by atoms with van der Waals surface area (Å²) in [7, 11) is 0. The van der Waals surface area contributed by atoms with Gasteiger partial charge in [-0.15, -0.1) is 0 Å². The highest BCUT2D eigenvalue weighted by molar-refractivity contribution is 7.99. The van der Waals surface area contributed by atoms with Crippen molar-refractivity contribution in [2.45, 2.75) is 70.8 Å². The van der Waals surface area contributed by atoms with Crippen LogP contribution >= 0.6 is 11.8 Å². The van der Waals surface area contributed by atoms with Gasteiger partial charge >= 0.3 is 0 Å². The van der Waals surface area contributed by atoms with E-state index in [0.29, 0.717) is 6.04 Å². The lowest BCUT2D eigenvalue weighted by atomic mass is 10.1. The molecule has 1 heterocycles. The zero-order valence-electron chi connectivity index (χ0n) is 11.2. The Kier molecular flexibility index (Phi) is 8.59. The Balaban J connectivity index is 1.77. The van der Waals surface area contributed by atoms with E-state index in [1.54, 1.807) is 0 Å². The summed E-state index contributed by atoms with van der Waals surface area (Å²) in [5.41, 5.74) is 0. The summed E-state index contributed by atoms with van der Waals surface area (Å²) >= 11 is 2.01. The minimum atomic E-state index is 0.242. The maximum atomic E-state index is 11.0. The molecule has 0 saturated carbocycles. The van der Waals surface area contributed by atoms with Gasteiger partial charge in [-0.25, -0.2) is 0 Å². The lowest BCUT2D eigenvalue weighted by molar-refractivity contribution is -0.119. The van der Waals surface area contributed by atoms with Gasteiger partial charge in [-0.2, -0.15) is 11.8 Å². The average Bonchev–Trinajstić information content (AvgIpc) is 2.73. The van der Waals surface area contributed by atoms with Crippen molar-refractivity contribution in [1.82, 2.24) is 5.32 Å². The van der Waals surface area contributed by atoms with E-state index in [-0.39, 0.29) is 5.91 Å². The number of amides is 1. The predicted octanol–water partition coefficient (Wildman–Crippen LogP) is 3.75. The molecule has 0 aromatic rings. The van der Waals surface area contributed by atoms with Crippen LogP contribution in [0.5, 0.6) is 0 Å². The zero-order chi connectivity index (χ0) is 12.3. The standard InChI is InChI=1S/C14H27NOS/c1-2-3-4-5-6-7-8-11-17-12-13-9-10-14(16)15-13/h13H,2-12H2,1H3,(H,15,16)/t13-/m0/s1. The summed E-state index contributed by atoms with van der Waals surface area (Å²) < 4.78 is 0. The molecule has 0 aromatic heterocycles. The smallest absolute Gasteiger partial charge is 0.220 e. The zero-order valence-corrected chi connectivity index (χ0v) is 12.0. The molecule has 1 N–H and O–H groups in total. The first-order valence-electron chi connectivity index (χ1n) is 7.20. The van der Waals surface area contributed by atoms with Crippen LogP contribution in [0.15, 0.2) is 0 Å². The second kappa shape index (κ2) is 9.81.